The molecule has 1 aliphatic rings. The summed E-state index contributed by atoms with van der Waals surface area (Å²) in [5.74, 6) is 1.57. The van der Waals surface area contributed by atoms with Crippen LogP contribution >= 0.6 is 24.8 Å². The molecule has 4 rings (SSSR count). The van der Waals surface area contributed by atoms with Gasteiger partial charge in [-0.25, -0.2) is 0 Å². The van der Waals surface area contributed by atoms with E-state index in [0.717, 1.165) is 43.2 Å². The molecule has 1 N–H and O–H groups in total. The Morgan fingerprint density at radius 2 is 1.50 bits per heavy atom. The molecule has 0 aliphatic carbocycles. The van der Waals surface area contributed by atoms with Crippen LogP contribution in [0.1, 0.15) is 35.1 Å². The lowest BCUT2D eigenvalue weighted by Gasteiger charge is -2.32. The van der Waals surface area contributed by atoms with Crippen molar-refractivity contribution in [2.45, 2.75) is 45.5 Å². The average Bonchev–Trinajstić information content (AvgIpc) is 2.84. The predicted octanol–water partition coefficient (Wildman–Crippen LogP) is 6.18. The van der Waals surface area contributed by atoms with E-state index in [4.69, 9.17) is 9.47 Å². The molecule has 0 atom stereocenters. The molecule has 6 heteroatoms. The smallest absolute Gasteiger partial charge is 0.161 e. The number of likely N-dealkylation sites (tertiary alicyclic amines) is 1. The zero-order valence-electron chi connectivity index (χ0n) is 20.0. The highest BCUT2D eigenvalue weighted by Crippen LogP contribution is 2.29. The Morgan fingerprint density at radius 3 is 2.18 bits per heavy atom. The van der Waals surface area contributed by atoms with Crippen LogP contribution in [0.2, 0.25) is 0 Å². The van der Waals surface area contributed by atoms with Gasteiger partial charge in [-0.05, 0) is 61.7 Å². The minimum atomic E-state index is 0. The van der Waals surface area contributed by atoms with Crippen LogP contribution in [0.15, 0.2) is 72.8 Å². The van der Waals surface area contributed by atoms with Crippen LogP contribution in [-0.2, 0) is 19.7 Å². The Morgan fingerprint density at radius 1 is 0.824 bits per heavy atom. The fraction of sp³-hybridized carbons (Fsp3) is 0.357. The molecular weight excluding hydrogens is 467 g/mol. The Balaban J connectivity index is 0.00000204. The van der Waals surface area contributed by atoms with Crippen LogP contribution in [0.3, 0.4) is 0 Å². The number of piperidine rings is 1. The number of nitrogens with one attached hydrogen (secondary N) is 1. The predicted molar refractivity (Wildman–Crippen MR) is 145 cm³/mol. The largest absolute Gasteiger partial charge is 0.493 e. The van der Waals surface area contributed by atoms with Gasteiger partial charge in [0.2, 0.25) is 0 Å². The van der Waals surface area contributed by atoms with Gasteiger partial charge in [-0.15, -0.1) is 24.8 Å². The van der Waals surface area contributed by atoms with Crippen molar-refractivity contribution in [3.63, 3.8) is 0 Å². The third kappa shape index (κ3) is 8.21. The average molecular weight is 504 g/mol. The van der Waals surface area contributed by atoms with E-state index in [-0.39, 0.29) is 24.8 Å². The van der Waals surface area contributed by atoms with E-state index in [1.54, 1.807) is 7.11 Å². The van der Waals surface area contributed by atoms with Gasteiger partial charge >= 0.3 is 0 Å². The lowest BCUT2D eigenvalue weighted by Crippen LogP contribution is -2.41. The number of benzene rings is 3. The van der Waals surface area contributed by atoms with Gasteiger partial charge in [0.25, 0.3) is 0 Å². The third-order valence-corrected chi connectivity index (χ3v) is 6.17. The Bertz CT molecular complexity index is 975. The van der Waals surface area contributed by atoms with Gasteiger partial charge in [0, 0.05) is 19.1 Å². The summed E-state index contributed by atoms with van der Waals surface area (Å²) in [7, 11) is 1.70. The Labute approximate surface area is 216 Å². The first-order chi connectivity index (χ1) is 15.7. The molecule has 0 bridgehead atoms. The molecule has 3 aromatic carbocycles. The van der Waals surface area contributed by atoms with Crippen LogP contribution in [0.5, 0.6) is 11.5 Å². The fourth-order valence-corrected chi connectivity index (χ4v) is 4.19. The van der Waals surface area contributed by atoms with Gasteiger partial charge in [0.1, 0.15) is 6.61 Å². The van der Waals surface area contributed by atoms with Gasteiger partial charge in [-0.1, -0.05) is 66.2 Å². The van der Waals surface area contributed by atoms with Crippen molar-refractivity contribution in [3.05, 3.63) is 95.1 Å². The number of rotatable bonds is 9. The van der Waals surface area contributed by atoms with E-state index >= 15 is 0 Å². The van der Waals surface area contributed by atoms with Crippen molar-refractivity contribution in [3.8, 4) is 11.5 Å². The van der Waals surface area contributed by atoms with Gasteiger partial charge < -0.3 is 14.8 Å². The number of aryl methyl sites for hydroxylation is 1. The summed E-state index contributed by atoms with van der Waals surface area (Å²) in [4.78, 5) is 2.55. The van der Waals surface area contributed by atoms with Crippen LogP contribution < -0.4 is 14.8 Å². The quantitative estimate of drug-likeness (QED) is 0.378. The first-order valence-corrected chi connectivity index (χ1v) is 11.5. The summed E-state index contributed by atoms with van der Waals surface area (Å²) >= 11 is 0. The normalized spacial score (nSPS) is 14.1. The number of hydrogen-bond donors (Lipinski definition) is 1. The molecule has 1 heterocycles. The topological polar surface area (TPSA) is 33.7 Å². The maximum atomic E-state index is 6.01. The van der Waals surface area contributed by atoms with E-state index in [1.165, 1.54) is 29.5 Å². The monoisotopic (exact) mass is 502 g/mol. The van der Waals surface area contributed by atoms with Crippen molar-refractivity contribution >= 4 is 24.8 Å². The number of hydrogen-bond acceptors (Lipinski definition) is 4. The Hall–Kier alpha value is -2.24. The maximum Gasteiger partial charge on any atom is 0.161 e. The zero-order chi connectivity index (χ0) is 22.2. The molecule has 1 fully saturated rings. The molecule has 3 aromatic rings. The molecule has 34 heavy (non-hydrogen) atoms. The van der Waals surface area contributed by atoms with Crippen LogP contribution in [0, 0.1) is 6.92 Å². The van der Waals surface area contributed by atoms with Gasteiger partial charge in [-0.2, -0.15) is 0 Å². The van der Waals surface area contributed by atoms with E-state index in [1.807, 2.05) is 6.07 Å². The molecule has 1 aliphatic heterocycles. The molecule has 0 amide bonds. The molecule has 0 spiro atoms. The lowest BCUT2D eigenvalue weighted by molar-refractivity contribution is 0.190. The highest BCUT2D eigenvalue weighted by molar-refractivity contribution is 5.85. The second kappa shape index (κ2) is 14.2. The second-order valence-electron chi connectivity index (χ2n) is 8.68. The van der Waals surface area contributed by atoms with E-state index in [0.29, 0.717) is 12.6 Å². The zero-order valence-corrected chi connectivity index (χ0v) is 21.7. The van der Waals surface area contributed by atoms with Gasteiger partial charge in [-0.3, -0.25) is 4.90 Å². The summed E-state index contributed by atoms with van der Waals surface area (Å²) in [6.45, 7) is 6.81. The number of methoxy groups -OCH3 is 1. The highest BCUT2D eigenvalue weighted by atomic mass is 35.5. The van der Waals surface area contributed by atoms with Crippen LogP contribution in [0.4, 0.5) is 0 Å². The number of halogens is 2. The summed E-state index contributed by atoms with van der Waals surface area (Å²) in [5, 5.41) is 3.73. The second-order valence-corrected chi connectivity index (χ2v) is 8.68. The van der Waals surface area contributed by atoms with Crippen molar-refractivity contribution in [1.29, 1.82) is 0 Å². The summed E-state index contributed by atoms with van der Waals surface area (Å²) in [6, 6.07) is 26.0. The maximum absolute atomic E-state index is 6.01. The van der Waals surface area contributed by atoms with E-state index in [9.17, 15) is 0 Å². The standard InChI is InChI=1S/C28H34N2O2.2ClH/c1-22-8-10-24(11-9-22)21-32-27-13-12-25(18-28(27)31-2)19-29-26-14-16-30(17-15-26)20-23-6-4-3-5-7-23;;/h3-13,18,26,29H,14-17,19-21H2,1-2H3;2*1H. The molecule has 0 saturated carbocycles. The molecule has 0 radical (unpaired) electrons. The molecule has 4 nitrogen and oxygen atoms in total. The van der Waals surface area contributed by atoms with Crippen molar-refractivity contribution in [2.75, 3.05) is 20.2 Å². The molecule has 0 unspecified atom stereocenters. The molecular formula is C28H36Cl2N2O2. The number of ether oxygens (including phenoxy) is 2. The molecule has 184 valence electrons. The minimum Gasteiger partial charge on any atom is -0.493 e. The van der Waals surface area contributed by atoms with Crippen molar-refractivity contribution in [1.82, 2.24) is 10.2 Å². The number of nitrogens with zero attached hydrogens (tertiary/aromatic N) is 1. The minimum absolute atomic E-state index is 0. The molecule has 0 aromatic heterocycles. The summed E-state index contributed by atoms with van der Waals surface area (Å²) in [6.07, 6.45) is 2.36. The third-order valence-electron chi connectivity index (χ3n) is 6.17. The SMILES string of the molecule is COc1cc(CNC2CCN(Cc3ccccc3)CC2)ccc1OCc1ccc(C)cc1.Cl.Cl. The van der Waals surface area contributed by atoms with Gasteiger partial charge in [0.15, 0.2) is 11.5 Å². The van der Waals surface area contributed by atoms with Crippen molar-refractivity contribution < 1.29 is 9.47 Å². The highest BCUT2D eigenvalue weighted by Gasteiger charge is 2.19. The van der Waals surface area contributed by atoms with Crippen LogP contribution in [-0.4, -0.2) is 31.1 Å². The first-order valence-electron chi connectivity index (χ1n) is 11.5. The summed E-state index contributed by atoms with van der Waals surface area (Å²) < 4.78 is 11.6. The first kappa shape index (κ1) is 28.0. The van der Waals surface area contributed by atoms with Gasteiger partial charge in [0.05, 0.1) is 7.11 Å². The van der Waals surface area contributed by atoms with E-state index < -0.39 is 0 Å². The molecule has 1 saturated heterocycles. The van der Waals surface area contributed by atoms with Crippen molar-refractivity contribution in [2.24, 2.45) is 0 Å². The summed E-state index contributed by atoms with van der Waals surface area (Å²) in [5.41, 5.74) is 5.03. The Kier molecular flexibility index (Phi) is 11.7. The lowest BCUT2D eigenvalue weighted by atomic mass is 10.0. The fourth-order valence-electron chi connectivity index (χ4n) is 4.19. The van der Waals surface area contributed by atoms with E-state index in [2.05, 4.69) is 83.9 Å². The van der Waals surface area contributed by atoms with Crippen LogP contribution in [0.25, 0.3) is 0 Å².